The van der Waals surface area contributed by atoms with Gasteiger partial charge in [-0.2, -0.15) is 5.26 Å². The molecular weight excluding hydrogens is 440 g/mol. The van der Waals surface area contributed by atoms with Gasteiger partial charge in [0.25, 0.3) is 11.7 Å². The normalized spacial score (nSPS) is 16.8. The molecule has 4 rings (SSSR count). The largest absolute Gasteiger partial charge is 0.507 e. The van der Waals surface area contributed by atoms with Gasteiger partial charge in [-0.3, -0.25) is 14.5 Å². The summed E-state index contributed by atoms with van der Waals surface area (Å²) in [5.74, 6) is -1.07. The molecule has 3 aromatic rings. The van der Waals surface area contributed by atoms with Gasteiger partial charge in [-0.15, -0.1) is 0 Å². The number of anilines is 1. The molecule has 3 aromatic carbocycles. The van der Waals surface area contributed by atoms with Crippen molar-refractivity contribution >= 4 is 23.1 Å². The number of carbonyl (C=O) groups excluding carboxylic acids is 2. The first kappa shape index (κ1) is 23.8. The van der Waals surface area contributed by atoms with Crippen molar-refractivity contribution < 1.29 is 19.4 Å². The average molecular weight is 467 g/mol. The van der Waals surface area contributed by atoms with Gasteiger partial charge in [-0.1, -0.05) is 50.1 Å². The van der Waals surface area contributed by atoms with E-state index in [0.717, 1.165) is 19.3 Å². The molecule has 6 nitrogen and oxygen atoms in total. The van der Waals surface area contributed by atoms with E-state index in [0.29, 0.717) is 34.7 Å². The maximum Gasteiger partial charge on any atom is 0.300 e. The number of nitrogens with zero attached hydrogens (tertiary/aromatic N) is 2. The van der Waals surface area contributed by atoms with Gasteiger partial charge in [-0.05, 0) is 60.5 Å². The van der Waals surface area contributed by atoms with Gasteiger partial charge >= 0.3 is 0 Å². The lowest BCUT2D eigenvalue weighted by atomic mass is 9.95. The molecule has 0 aliphatic carbocycles. The van der Waals surface area contributed by atoms with Crippen LogP contribution in [0.2, 0.25) is 0 Å². The average Bonchev–Trinajstić information content (AvgIpc) is 3.17. The number of unbranched alkanes of at least 4 members (excludes halogenated alkanes) is 2. The number of rotatable bonds is 8. The van der Waals surface area contributed by atoms with Crippen LogP contribution in [0.5, 0.6) is 5.75 Å². The lowest BCUT2D eigenvalue weighted by Crippen LogP contribution is -2.29. The second-order valence-electron chi connectivity index (χ2n) is 8.32. The molecule has 0 radical (unpaired) electrons. The minimum atomic E-state index is -0.811. The predicted molar refractivity (Wildman–Crippen MR) is 134 cm³/mol. The van der Waals surface area contributed by atoms with Crippen LogP contribution in [0.1, 0.15) is 48.9 Å². The molecule has 176 valence electrons. The van der Waals surface area contributed by atoms with Crippen LogP contribution in [0.25, 0.3) is 5.76 Å². The molecule has 1 unspecified atom stereocenters. The molecule has 1 atom stereocenters. The number of hydrogen-bond donors (Lipinski definition) is 1. The summed E-state index contributed by atoms with van der Waals surface area (Å²) in [6.45, 7) is 2.74. The van der Waals surface area contributed by atoms with Crippen LogP contribution < -0.4 is 9.64 Å². The molecule has 35 heavy (non-hydrogen) atoms. The minimum absolute atomic E-state index is 0.0159. The van der Waals surface area contributed by atoms with Crippen molar-refractivity contribution in [2.75, 3.05) is 11.5 Å². The van der Waals surface area contributed by atoms with Crippen LogP contribution in [0, 0.1) is 11.3 Å². The number of ketones is 1. The molecule has 1 aliphatic rings. The van der Waals surface area contributed by atoms with Crippen molar-refractivity contribution in [1.82, 2.24) is 0 Å². The Kier molecular flexibility index (Phi) is 7.27. The van der Waals surface area contributed by atoms with Gasteiger partial charge in [0.1, 0.15) is 11.5 Å². The van der Waals surface area contributed by atoms with E-state index in [2.05, 4.69) is 6.92 Å². The topological polar surface area (TPSA) is 90.6 Å². The molecule has 0 spiro atoms. The zero-order valence-electron chi connectivity index (χ0n) is 19.5. The van der Waals surface area contributed by atoms with E-state index in [9.17, 15) is 14.7 Å². The van der Waals surface area contributed by atoms with E-state index in [-0.39, 0.29) is 11.3 Å². The second-order valence-corrected chi connectivity index (χ2v) is 8.32. The minimum Gasteiger partial charge on any atom is -0.507 e. The molecule has 0 aromatic heterocycles. The Morgan fingerprint density at radius 2 is 1.66 bits per heavy atom. The first-order valence-corrected chi connectivity index (χ1v) is 11.6. The van der Waals surface area contributed by atoms with Crippen molar-refractivity contribution in [1.29, 1.82) is 5.26 Å². The third kappa shape index (κ3) is 4.95. The van der Waals surface area contributed by atoms with Gasteiger partial charge in [0.05, 0.1) is 29.9 Å². The number of nitriles is 1. The number of amides is 1. The smallest absolute Gasteiger partial charge is 0.300 e. The van der Waals surface area contributed by atoms with Gasteiger partial charge in [-0.25, -0.2) is 0 Å². The SMILES string of the molecule is CCCCCOc1ccc(/C(O)=C2\C(=O)C(=O)N(c3ccc(C#N)cc3)C2c2ccccc2)cc1. The third-order valence-corrected chi connectivity index (χ3v) is 5.98. The van der Waals surface area contributed by atoms with Crippen LogP contribution in [-0.2, 0) is 9.59 Å². The van der Waals surface area contributed by atoms with Crippen LogP contribution in [-0.4, -0.2) is 23.4 Å². The van der Waals surface area contributed by atoms with Crippen LogP contribution >= 0.6 is 0 Å². The molecule has 1 fully saturated rings. The monoisotopic (exact) mass is 466 g/mol. The summed E-state index contributed by atoms with van der Waals surface area (Å²) in [7, 11) is 0. The van der Waals surface area contributed by atoms with E-state index >= 15 is 0 Å². The highest BCUT2D eigenvalue weighted by Crippen LogP contribution is 2.42. The number of benzene rings is 3. The van der Waals surface area contributed by atoms with E-state index in [1.54, 1.807) is 48.5 Å². The Hall–Kier alpha value is -4.37. The zero-order chi connectivity index (χ0) is 24.8. The summed E-state index contributed by atoms with van der Waals surface area (Å²) >= 11 is 0. The zero-order valence-corrected chi connectivity index (χ0v) is 19.5. The quantitative estimate of drug-likeness (QED) is 0.197. The standard InChI is InChI=1S/C29H26N2O4/c1-2-3-7-18-35-24-16-12-22(13-17-24)27(32)25-26(21-8-5-4-6-9-21)31(29(34)28(25)33)23-14-10-20(19-30)11-15-23/h4-6,8-17,26,32H,2-3,7,18H2,1H3/b27-25+. The first-order valence-electron chi connectivity index (χ1n) is 11.6. The van der Waals surface area contributed by atoms with Gasteiger partial charge in [0.15, 0.2) is 0 Å². The molecular formula is C29H26N2O4. The summed E-state index contributed by atoms with van der Waals surface area (Å²) in [6, 6.07) is 23.6. The number of ether oxygens (including phenoxy) is 1. The Morgan fingerprint density at radius 1 is 0.971 bits per heavy atom. The Morgan fingerprint density at radius 3 is 2.29 bits per heavy atom. The van der Waals surface area contributed by atoms with Crippen LogP contribution in [0.15, 0.2) is 84.4 Å². The molecule has 1 amide bonds. The Labute approximate surface area is 204 Å². The number of Topliss-reactive ketones (excluding diaryl/α,β-unsaturated/α-hetero) is 1. The van der Waals surface area contributed by atoms with E-state index in [4.69, 9.17) is 10.00 Å². The summed E-state index contributed by atoms with van der Waals surface area (Å²) in [4.78, 5) is 27.7. The molecule has 1 N–H and O–H groups in total. The van der Waals surface area contributed by atoms with Crippen molar-refractivity contribution in [2.45, 2.75) is 32.2 Å². The van der Waals surface area contributed by atoms with Gasteiger partial charge in [0.2, 0.25) is 0 Å². The molecule has 0 bridgehead atoms. The highest BCUT2D eigenvalue weighted by Gasteiger charge is 2.46. The summed E-state index contributed by atoms with van der Waals surface area (Å²) < 4.78 is 5.74. The first-order chi connectivity index (χ1) is 17.0. The molecule has 1 heterocycles. The van der Waals surface area contributed by atoms with Crippen molar-refractivity contribution in [3.8, 4) is 11.8 Å². The highest BCUT2D eigenvalue weighted by atomic mass is 16.5. The summed E-state index contributed by atoms with van der Waals surface area (Å²) in [5.41, 5.74) is 2.04. The summed E-state index contributed by atoms with van der Waals surface area (Å²) in [6.07, 6.45) is 3.17. The van der Waals surface area contributed by atoms with E-state index in [1.807, 2.05) is 36.4 Å². The lowest BCUT2D eigenvalue weighted by Gasteiger charge is -2.25. The molecule has 6 heteroatoms. The number of carbonyl (C=O) groups is 2. The van der Waals surface area contributed by atoms with Crippen LogP contribution in [0.4, 0.5) is 5.69 Å². The lowest BCUT2D eigenvalue weighted by molar-refractivity contribution is -0.132. The fourth-order valence-electron chi connectivity index (χ4n) is 4.15. The van der Waals surface area contributed by atoms with E-state index in [1.165, 1.54) is 4.90 Å². The Balaban J connectivity index is 1.73. The molecule has 1 aliphatic heterocycles. The maximum atomic E-state index is 13.2. The van der Waals surface area contributed by atoms with Gasteiger partial charge < -0.3 is 9.84 Å². The van der Waals surface area contributed by atoms with Gasteiger partial charge in [0, 0.05) is 11.3 Å². The third-order valence-electron chi connectivity index (χ3n) is 5.98. The maximum absolute atomic E-state index is 13.2. The fourth-order valence-corrected chi connectivity index (χ4v) is 4.15. The van der Waals surface area contributed by atoms with Crippen LogP contribution in [0.3, 0.4) is 0 Å². The van der Waals surface area contributed by atoms with Crippen molar-refractivity contribution in [3.05, 3.63) is 101 Å². The summed E-state index contributed by atoms with van der Waals surface area (Å²) in [5, 5.41) is 20.3. The van der Waals surface area contributed by atoms with Crippen molar-refractivity contribution in [3.63, 3.8) is 0 Å². The van der Waals surface area contributed by atoms with Crippen molar-refractivity contribution in [2.24, 2.45) is 0 Å². The highest BCUT2D eigenvalue weighted by molar-refractivity contribution is 6.51. The fraction of sp³-hybridized carbons (Fsp3) is 0.207. The number of aliphatic hydroxyl groups is 1. The molecule has 0 saturated carbocycles. The predicted octanol–water partition coefficient (Wildman–Crippen LogP) is 5.75. The van der Waals surface area contributed by atoms with E-state index < -0.39 is 17.7 Å². The second kappa shape index (κ2) is 10.7. The number of aliphatic hydroxyl groups excluding tert-OH is 1. The molecule has 1 saturated heterocycles. The Bertz CT molecular complexity index is 1270. The number of hydrogen-bond acceptors (Lipinski definition) is 5.